The van der Waals surface area contributed by atoms with Gasteiger partial charge in [0.2, 0.25) is 0 Å². The highest BCUT2D eigenvalue weighted by Crippen LogP contribution is 2.38. The summed E-state index contributed by atoms with van der Waals surface area (Å²) >= 11 is 0. The molecule has 0 fully saturated rings. The van der Waals surface area contributed by atoms with Gasteiger partial charge in [0, 0.05) is 30.7 Å². The molecule has 0 aliphatic carbocycles. The molecule has 0 saturated heterocycles. The number of aryl methyl sites for hydroxylation is 1. The lowest BCUT2D eigenvalue weighted by atomic mass is 10.0. The maximum Gasteiger partial charge on any atom is 0.260 e. The first-order valence-electron chi connectivity index (χ1n) is 8.18. The Morgan fingerprint density at radius 2 is 2.20 bits per heavy atom. The molecule has 1 aromatic carbocycles. The van der Waals surface area contributed by atoms with Crippen molar-refractivity contribution < 1.29 is 14.6 Å². The monoisotopic (exact) mass is 337 g/mol. The van der Waals surface area contributed by atoms with Crippen LogP contribution in [0.15, 0.2) is 36.7 Å². The number of aromatic nitrogens is 1. The molecule has 1 atom stereocenters. The van der Waals surface area contributed by atoms with Crippen molar-refractivity contribution in [2.45, 2.75) is 19.4 Å². The third-order valence-electron chi connectivity index (χ3n) is 4.74. The molecule has 1 aromatic heterocycles. The Labute approximate surface area is 145 Å². The third-order valence-corrected chi connectivity index (χ3v) is 4.74. The summed E-state index contributed by atoms with van der Waals surface area (Å²) in [4.78, 5) is 19.1. The van der Waals surface area contributed by atoms with Crippen LogP contribution in [0.25, 0.3) is 5.57 Å². The predicted molar refractivity (Wildman–Crippen MR) is 94.7 cm³/mol. The zero-order valence-electron chi connectivity index (χ0n) is 14.1. The number of phenolic OH excluding ortho intramolecular Hbond substituents is 1. The van der Waals surface area contributed by atoms with E-state index >= 15 is 0 Å². The fourth-order valence-electron chi connectivity index (χ4n) is 3.35. The Kier molecular flexibility index (Phi) is 3.60. The Bertz CT molecular complexity index is 874. The summed E-state index contributed by atoms with van der Waals surface area (Å²) in [5.41, 5.74) is 4.23. The standard InChI is InChI=1S/C19H19N3O3/c1-11-3-4-12(8-20-11)13-5-14-9-21-16-7-17(23)18(25-2)6-15(16)19(24)22(14)10-13/h3-4,6-8,10,14,21,23H,5,9H2,1-2H3. The van der Waals surface area contributed by atoms with E-state index in [-0.39, 0.29) is 17.7 Å². The maximum atomic E-state index is 13.0. The summed E-state index contributed by atoms with van der Waals surface area (Å²) in [6.45, 7) is 2.57. The van der Waals surface area contributed by atoms with Gasteiger partial charge in [0.05, 0.1) is 24.4 Å². The molecule has 0 spiro atoms. The molecule has 4 rings (SSSR count). The molecular formula is C19H19N3O3. The number of ether oxygens (including phenoxy) is 1. The minimum Gasteiger partial charge on any atom is -0.504 e. The van der Waals surface area contributed by atoms with Crippen molar-refractivity contribution in [2.75, 3.05) is 19.0 Å². The number of methoxy groups -OCH3 is 1. The second kappa shape index (κ2) is 5.81. The summed E-state index contributed by atoms with van der Waals surface area (Å²) in [6, 6.07) is 7.17. The van der Waals surface area contributed by atoms with E-state index in [4.69, 9.17) is 4.74 Å². The van der Waals surface area contributed by atoms with E-state index in [0.717, 1.165) is 23.3 Å². The van der Waals surface area contributed by atoms with E-state index < -0.39 is 0 Å². The smallest absolute Gasteiger partial charge is 0.260 e. The highest BCUT2D eigenvalue weighted by atomic mass is 16.5. The number of rotatable bonds is 2. The number of phenols is 1. The van der Waals surface area contributed by atoms with Crippen LogP contribution < -0.4 is 10.1 Å². The molecule has 25 heavy (non-hydrogen) atoms. The average molecular weight is 337 g/mol. The molecule has 3 heterocycles. The van der Waals surface area contributed by atoms with Gasteiger partial charge in [-0.25, -0.2) is 0 Å². The lowest BCUT2D eigenvalue weighted by Gasteiger charge is -2.20. The topological polar surface area (TPSA) is 74.7 Å². The molecule has 2 aliphatic heterocycles. The van der Waals surface area contributed by atoms with E-state index in [1.165, 1.54) is 7.11 Å². The van der Waals surface area contributed by atoms with Crippen LogP contribution in [0.5, 0.6) is 11.5 Å². The molecule has 2 aromatic rings. The van der Waals surface area contributed by atoms with E-state index in [1.807, 2.05) is 31.5 Å². The van der Waals surface area contributed by atoms with Gasteiger partial charge in [-0.05, 0) is 36.6 Å². The number of hydrogen-bond acceptors (Lipinski definition) is 5. The van der Waals surface area contributed by atoms with Crippen LogP contribution in [0.4, 0.5) is 5.69 Å². The zero-order chi connectivity index (χ0) is 17.6. The second-order valence-corrected chi connectivity index (χ2v) is 6.36. The summed E-state index contributed by atoms with van der Waals surface area (Å²) in [5, 5.41) is 13.2. The lowest BCUT2D eigenvalue weighted by Crippen LogP contribution is -2.34. The van der Waals surface area contributed by atoms with Crippen LogP contribution in [-0.4, -0.2) is 40.6 Å². The van der Waals surface area contributed by atoms with Crippen molar-refractivity contribution in [1.29, 1.82) is 0 Å². The molecule has 1 amide bonds. The molecule has 0 bridgehead atoms. The van der Waals surface area contributed by atoms with Crippen molar-refractivity contribution >= 4 is 17.2 Å². The largest absolute Gasteiger partial charge is 0.504 e. The molecule has 128 valence electrons. The zero-order valence-corrected chi connectivity index (χ0v) is 14.1. The van der Waals surface area contributed by atoms with Crippen LogP contribution >= 0.6 is 0 Å². The number of aromatic hydroxyl groups is 1. The van der Waals surface area contributed by atoms with Crippen LogP contribution in [0.2, 0.25) is 0 Å². The normalized spacial score (nSPS) is 18.8. The van der Waals surface area contributed by atoms with Gasteiger partial charge in [-0.3, -0.25) is 9.78 Å². The number of carbonyl (C=O) groups excluding carboxylic acids is 1. The van der Waals surface area contributed by atoms with E-state index in [2.05, 4.69) is 10.3 Å². The van der Waals surface area contributed by atoms with Crippen LogP contribution in [0.1, 0.15) is 28.0 Å². The first-order valence-corrected chi connectivity index (χ1v) is 8.18. The van der Waals surface area contributed by atoms with E-state index in [1.54, 1.807) is 17.0 Å². The second-order valence-electron chi connectivity index (χ2n) is 6.36. The average Bonchev–Trinajstić information content (AvgIpc) is 2.99. The number of fused-ring (bicyclic) bond motifs is 2. The summed E-state index contributed by atoms with van der Waals surface area (Å²) in [5.74, 6) is 0.211. The van der Waals surface area contributed by atoms with Crippen LogP contribution in [-0.2, 0) is 0 Å². The Morgan fingerprint density at radius 1 is 1.36 bits per heavy atom. The fourth-order valence-corrected chi connectivity index (χ4v) is 3.35. The third kappa shape index (κ3) is 2.59. The molecule has 0 saturated carbocycles. The molecule has 1 unspecified atom stereocenters. The number of nitrogens with one attached hydrogen (secondary N) is 1. The van der Waals surface area contributed by atoms with E-state index in [9.17, 15) is 9.90 Å². The Balaban J connectivity index is 1.71. The molecule has 6 heteroatoms. The number of pyridine rings is 1. The number of anilines is 1. The van der Waals surface area contributed by atoms with Crippen molar-refractivity contribution in [3.63, 3.8) is 0 Å². The minimum atomic E-state index is -0.0987. The Morgan fingerprint density at radius 3 is 2.92 bits per heavy atom. The number of carbonyl (C=O) groups is 1. The number of amides is 1. The van der Waals surface area contributed by atoms with Gasteiger partial charge in [-0.1, -0.05) is 6.07 Å². The fraction of sp³-hybridized carbons (Fsp3) is 0.263. The quantitative estimate of drug-likeness (QED) is 0.881. The lowest BCUT2D eigenvalue weighted by molar-refractivity contribution is 0.0796. The van der Waals surface area contributed by atoms with Gasteiger partial charge < -0.3 is 20.1 Å². The highest BCUT2D eigenvalue weighted by Gasteiger charge is 2.34. The molecule has 0 radical (unpaired) electrons. The van der Waals surface area contributed by atoms with Gasteiger partial charge in [-0.2, -0.15) is 0 Å². The maximum absolute atomic E-state index is 13.0. The molecular weight excluding hydrogens is 318 g/mol. The summed E-state index contributed by atoms with van der Waals surface area (Å²) in [7, 11) is 1.47. The van der Waals surface area contributed by atoms with Gasteiger partial charge in [-0.15, -0.1) is 0 Å². The number of nitrogens with zero attached hydrogens (tertiary/aromatic N) is 2. The summed E-state index contributed by atoms with van der Waals surface area (Å²) in [6.07, 6.45) is 4.52. The first-order chi connectivity index (χ1) is 12.1. The van der Waals surface area contributed by atoms with E-state index in [0.29, 0.717) is 23.5 Å². The predicted octanol–water partition coefficient (Wildman–Crippen LogP) is 2.79. The van der Waals surface area contributed by atoms with Gasteiger partial charge in [0.15, 0.2) is 11.5 Å². The van der Waals surface area contributed by atoms with Gasteiger partial charge in [0.25, 0.3) is 5.91 Å². The van der Waals surface area contributed by atoms with Crippen molar-refractivity contribution in [1.82, 2.24) is 9.88 Å². The van der Waals surface area contributed by atoms with Crippen molar-refractivity contribution in [3.05, 3.63) is 53.5 Å². The first kappa shape index (κ1) is 15.5. The van der Waals surface area contributed by atoms with Gasteiger partial charge >= 0.3 is 0 Å². The highest BCUT2D eigenvalue weighted by molar-refractivity contribution is 6.03. The Hall–Kier alpha value is -3.02. The molecule has 2 aliphatic rings. The van der Waals surface area contributed by atoms with Crippen molar-refractivity contribution in [3.8, 4) is 11.5 Å². The number of benzene rings is 1. The summed E-state index contributed by atoms with van der Waals surface area (Å²) < 4.78 is 5.14. The molecule has 2 N–H and O–H groups in total. The number of hydrogen-bond donors (Lipinski definition) is 2. The van der Waals surface area contributed by atoms with Crippen LogP contribution in [0, 0.1) is 6.92 Å². The van der Waals surface area contributed by atoms with Crippen LogP contribution in [0.3, 0.4) is 0 Å². The van der Waals surface area contributed by atoms with Crippen molar-refractivity contribution in [2.24, 2.45) is 0 Å². The SMILES string of the molecule is COc1cc2c(cc1O)NCC1CC(c3ccc(C)nc3)=CN1C2=O. The minimum absolute atomic E-state index is 0.0190. The van der Waals surface area contributed by atoms with Gasteiger partial charge in [0.1, 0.15) is 0 Å². The molecule has 6 nitrogen and oxygen atoms in total.